The Balaban J connectivity index is 1.48. The zero-order valence-corrected chi connectivity index (χ0v) is 14.7. The first kappa shape index (κ1) is 17.7. The van der Waals surface area contributed by atoms with Crippen molar-refractivity contribution in [2.24, 2.45) is 5.10 Å². The lowest BCUT2D eigenvalue weighted by Gasteiger charge is -2.05. The van der Waals surface area contributed by atoms with E-state index in [-0.39, 0.29) is 12.5 Å². The van der Waals surface area contributed by atoms with Crippen LogP contribution in [-0.2, 0) is 4.79 Å². The van der Waals surface area contributed by atoms with Crippen molar-refractivity contribution in [3.8, 4) is 16.9 Å². The Hall–Kier alpha value is -3.11. The second kappa shape index (κ2) is 8.83. The molecular formula is C21H17ClN2O2. The van der Waals surface area contributed by atoms with Crippen molar-refractivity contribution in [3.05, 3.63) is 89.4 Å². The Morgan fingerprint density at radius 3 is 2.27 bits per heavy atom. The topological polar surface area (TPSA) is 50.7 Å². The lowest BCUT2D eigenvalue weighted by atomic mass is 10.0. The number of hydrazone groups is 1. The number of halogens is 1. The van der Waals surface area contributed by atoms with Crippen LogP contribution in [0.25, 0.3) is 11.1 Å². The number of carbonyl (C=O) groups is 1. The van der Waals surface area contributed by atoms with Gasteiger partial charge in [-0.25, -0.2) is 5.43 Å². The second-order valence-corrected chi connectivity index (χ2v) is 5.96. The van der Waals surface area contributed by atoms with Gasteiger partial charge in [0, 0.05) is 5.02 Å². The van der Waals surface area contributed by atoms with Crippen LogP contribution in [0.5, 0.6) is 5.75 Å². The maximum absolute atomic E-state index is 11.7. The van der Waals surface area contributed by atoms with E-state index in [9.17, 15) is 4.79 Å². The minimum absolute atomic E-state index is 0.119. The van der Waals surface area contributed by atoms with E-state index in [1.807, 2.05) is 42.5 Å². The average molecular weight is 365 g/mol. The minimum atomic E-state index is -0.336. The summed E-state index contributed by atoms with van der Waals surface area (Å²) < 4.78 is 5.35. The lowest BCUT2D eigenvalue weighted by molar-refractivity contribution is -0.123. The molecule has 0 atom stereocenters. The van der Waals surface area contributed by atoms with Gasteiger partial charge in [-0.3, -0.25) is 4.79 Å². The fraction of sp³-hybridized carbons (Fsp3) is 0.0476. The molecule has 0 bridgehead atoms. The molecule has 0 aliphatic heterocycles. The molecule has 26 heavy (non-hydrogen) atoms. The summed E-state index contributed by atoms with van der Waals surface area (Å²) in [7, 11) is 0. The van der Waals surface area contributed by atoms with Gasteiger partial charge in [0.25, 0.3) is 5.91 Å². The highest BCUT2D eigenvalue weighted by Gasteiger charge is 2.01. The van der Waals surface area contributed by atoms with Crippen molar-refractivity contribution >= 4 is 23.7 Å². The van der Waals surface area contributed by atoms with E-state index in [0.717, 1.165) is 16.7 Å². The molecule has 3 aromatic carbocycles. The van der Waals surface area contributed by atoms with Crippen molar-refractivity contribution in [3.63, 3.8) is 0 Å². The van der Waals surface area contributed by atoms with Crippen molar-refractivity contribution in [2.75, 3.05) is 6.61 Å². The van der Waals surface area contributed by atoms with Crippen LogP contribution in [0.15, 0.2) is 84.0 Å². The highest BCUT2D eigenvalue weighted by atomic mass is 35.5. The molecule has 0 spiro atoms. The van der Waals surface area contributed by atoms with Crippen molar-refractivity contribution in [2.45, 2.75) is 0 Å². The molecule has 3 aromatic rings. The van der Waals surface area contributed by atoms with Crippen LogP contribution in [0.3, 0.4) is 0 Å². The average Bonchev–Trinajstić information content (AvgIpc) is 2.69. The Morgan fingerprint density at radius 1 is 0.923 bits per heavy atom. The molecule has 0 saturated heterocycles. The smallest absolute Gasteiger partial charge is 0.277 e. The van der Waals surface area contributed by atoms with Gasteiger partial charge in [0.05, 0.1) is 6.21 Å². The Kier molecular flexibility index (Phi) is 6.01. The zero-order chi connectivity index (χ0) is 18.2. The van der Waals surface area contributed by atoms with Crippen molar-refractivity contribution < 1.29 is 9.53 Å². The Bertz CT molecular complexity index is 876. The third-order valence-electron chi connectivity index (χ3n) is 3.60. The Labute approximate surface area is 157 Å². The largest absolute Gasteiger partial charge is 0.484 e. The number of carbonyl (C=O) groups excluding carboxylic acids is 1. The molecule has 0 heterocycles. The lowest BCUT2D eigenvalue weighted by Crippen LogP contribution is -2.24. The molecule has 1 N–H and O–H groups in total. The van der Waals surface area contributed by atoms with Crippen molar-refractivity contribution in [1.82, 2.24) is 5.43 Å². The van der Waals surface area contributed by atoms with Crippen LogP contribution in [0.1, 0.15) is 5.56 Å². The van der Waals surface area contributed by atoms with Gasteiger partial charge < -0.3 is 4.74 Å². The molecule has 0 aliphatic carbocycles. The molecule has 0 aromatic heterocycles. The molecule has 0 aliphatic rings. The number of hydrogen-bond donors (Lipinski definition) is 1. The van der Waals surface area contributed by atoms with Gasteiger partial charge in [-0.15, -0.1) is 0 Å². The molecule has 0 unspecified atom stereocenters. The van der Waals surface area contributed by atoms with E-state index >= 15 is 0 Å². The summed E-state index contributed by atoms with van der Waals surface area (Å²) in [5.41, 5.74) is 5.61. The van der Waals surface area contributed by atoms with E-state index in [4.69, 9.17) is 16.3 Å². The fourth-order valence-corrected chi connectivity index (χ4v) is 2.41. The number of rotatable bonds is 6. The van der Waals surface area contributed by atoms with Crippen LogP contribution in [0.2, 0.25) is 5.02 Å². The maximum Gasteiger partial charge on any atom is 0.277 e. The molecule has 4 nitrogen and oxygen atoms in total. The first-order chi connectivity index (χ1) is 12.7. The molecule has 0 radical (unpaired) electrons. The molecule has 3 rings (SSSR count). The summed E-state index contributed by atoms with van der Waals surface area (Å²) in [6.45, 7) is -0.119. The van der Waals surface area contributed by atoms with E-state index in [1.165, 1.54) is 0 Å². The van der Waals surface area contributed by atoms with Gasteiger partial charge in [0.2, 0.25) is 0 Å². The standard InChI is InChI=1S/C21H17ClN2O2/c22-19-10-12-20(13-11-19)26-15-21(25)24-23-14-16-6-8-18(9-7-16)17-4-2-1-3-5-17/h1-14H,15H2,(H,24,25)/b23-14+. The third-order valence-corrected chi connectivity index (χ3v) is 3.86. The monoisotopic (exact) mass is 364 g/mol. The minimum Gasteiger partial charge on any atom is -0.484 e. The van der Waals surface area contributed by atoms with Gasteiger partial charge in [-0.05, 0) is 41.0 Å². The third kappa shape index (κ3) is 5.19. The van der Waals surface area contributed by atoms with Gasteiger partial charge in [-0.1, -0.05) is 66.2 Å². The Morgan fingerprint density at radius 2 is 1.58 bits per heavy atom. The van der Waals surface area contributed by atoms with Crippen LogP contribution in [0.4, 0.5) is 0 Å². The van der Waals surface area contributed by atoms with Crippen LogP contribution >= 0.6 is 11.6 Å². The number of nitrogens with zero attached hydrogens (tertiary/aromatic N) is 1. The van der Waals surface area contributed by atoms with E-state index in [2.05, 4.69) is 22.7 Å². The molecular weight excluding hydrogens is 348 g/mol. The quantitative estimate of drug-likeness (QED) is 0.516. The highest BCUT2D eigenvalue weighted by molar-refractivity contribution is 6.30. The molecule has 0 saturated carbocycles. The summed E-state index contributed by atoms with van der Waals surface area (Å²) >= 11 is 5.79. The van der Waals surface area contributed by atoms with Gasteiger partial charge in [-0.2, -0.15) is 5.10 Å². The molecule has 5 heteroatoms. The van der Waals surface area contributed by atoms with Gasteiger partial charge >= 0.3 is 0 Å². The fourth-order valence-electron chi connectivity index (χ4n) is 2.28. The number of amides is 1. The summed E-state index contributed by atoms with van der Waals surface area (Å²) in [5, 5.41) is 4.56. The summed E-state index contributed by atoms with van der Waals surface area (Å²) in [6, 6.07) is 24.9. The molecule has 0 fully saturated rings. The SMILES string of the molecule is O=C(COc1ccc(Cl)cc1)N/N=C/c1ccc(-c2ccccc2)cc1. The number of benzene rings is 3. The van der Waals surface area contributed by atoms with E-state index in [1.54, 1.807) is 30.5 Å². The highest BCUT2D eigenvalue weighted by Crippen LogP contribution is 2.18. The summed E-state index contributed by atoms with van der Waals surface area (Å²) in [4.78, 5) is 11.7. The van der Waals surface area contributed by atoms with Gasteiger partial charge in [0.15, 0.2) is 6.61 Å². The van der Waals surface area contributed by atoms with E-state index in [0.29, 0.717) is 10.8 Å². The predicted molar refractivity (Wildman–Crippen MR) is 105 cm³/mol. The predicted octanol–water partition coefficient (Wildman–Crippen LogP) is 4.54. The molecule has 1 amide bonds. The van der Waals surface area contributed by atoms with Gasteiger partial charge in [0.1, 0.15) is 5.75 Å². The van der Waals surface area contributed by atoms with E-state index < -0.39 is 0 Å². The zero-order valence-electron chi connectivity index (χ0n) is 13.9. The van der Waals surface area contributed by atoms with Crippen LogP contribution < -0.4 is 10.2 Å². The summed E-state index contributed by atoms with van der Waals surface area (Å²) in [5.74, 6) is 0.238. The first-order valence-electron chi connectivity index (χ1n) is 8.06. The van der Waals surface area contributed by atoms with Crippen molar-refractivity contribution in [1.29, 1.82) is 0 Å². The van der Waals surface area contributed by atoms with Crippen LogP contribution in [0, 0.1) is 0 Å². The van der Waals surface area contributed by atoms with Crippen LogP contribution in [-0.4, -0.2) is 18.7 Å². The maximum atomic E-state index is 11.7. The number of hydrogen-bond acceptors (Lipinski definition) is 3. The first-order valence-corrected chi connectivity index (χ1v) is 8.44. The molecule has 130 valence electrons. The summed E-state index contributed by atoms with van der Waals surface area (Å²) in [6.07, 6.45) is 1.59. The normalized spacial score (nSPS) is 10.7. The number of nitrogens with one attached hydrogen (secondary N) is 1. The number of ether oxygens (including phenoxy) is 1. The second-order valence-electron chi connectivity index (χ2n) is 5.52.